The van der Waals surface area contributed by atoms with Crippen LogP contribution < -0.4 is 16.4 Å². The van der Waals surface area contributed by atoms with Gasteiger partial charge in [0.15, 0.2) is 0 Å². The van der Waals surface area contributed by atoms with Crippen LogP contribution in [0.3, 0.4) is 0 Å². The Balaban J connectivity index is 4.76. The quantitative estimate of drug-likeness (QED) is 0.380. The number of carbonyl (C=O) groups excluding carboxylic acids is 2. The van der Waals surface area contributed by atoms with Gasteiger partial charge in [0.2, 0.25) is 11.8 Å². The number of rotatable bonds is 9. The van der Waals surface area contributed by atoms with E-state index in [4.69, 9.17) is 10.8 Å². The Labute approximate surface area is 136 Å². The number of carboxylic acid groups (broad SMARTS) is 1. The van der Waals surface area contributed by atoms with Crippen LogP contribution in [-0.2, 0) is 14.4 Å². The number of amides is 2. The molecule has 0 unspecified atom stereocenters. The highest BCUT2D eigenvalue weighted by molar-refractivity contribution is 7.80. The highest BCUT2D eigenvalue weighted by Gasteiger charge is 2.28. The van der Waals surface area contributed by atoms with E-state index in [2.05, 4.69) is 23.3 Å². The molecule has 5 N–H and O–H groups in total. The molecule has 0 spiro atoms. The Morgan fingerprint density at radius 3 is 1.91 bits per heavy atom. The van der Waals surface area contributed by atoms with Crippen molar-refractivity contribution in [1.29, 1.82) is 0 Å². The minimum atomic E-state index is -1.11. The monoisotopic (exact) mass is 333 g/mol. The van der Waals surface area contributed by atoms with E-state index >= 15 is 0 Å². The number of thiol groups is 1. The molecule has 0 aromatic heterocycles. The smallest absolute Gasteiger partial charge is 0.326 e. The molecule has 0 bridgehead atoms. The molecule has 128 valence electrons. The van der Waals surface area contributed by atoms with E-state index in [1.54, 1.807) is 13.8 Å². The third-order valence-electron chi connectivity index (χ3n) is 3.16. The molecule has 0 rings (SSSR count). The largest absolute Gasteiger partial charge is 0.480 e. The molecule has 0 aliphatic rings. The molecule has 0 aromatic carbocycles. The molecule has 3 atom stereocenters. The second kappa shape index (κ2) is 9.68. The van der Waals surface area contributed by atoms with E-state index in [-0.39, 0.29) is 17.6 Å². The Kier molecular flexibility index (Phi) is 9.12. The van der Waals surface area contributed by atoms with Gasteiger partial charge in [0.05, 0.1) is 6.04 Å². The number of carboxylic acids is 1. The second-order valence-electron chi connectivity index (χ2n) is 6.04. The summed E-state index contributed by atoms with van der Waals surface area (Å²) in [5, 5.41) is 14.1. The van der Waals surface area contributed by atoms with Crippen LogP contribution in [0.1, 0.15) is 34.1 Å². The van der Waals surface area contributed by atoms with Crippen molar-refractivity contribution in [1.82, 2.24) is 10.6 Å². The van der Waals surface area contributed by atoms with Crippen molar-refractivity contribution in [2.75, 3.05) is 5.75 Å². The summed E-state index contributed by atoms with van der Waals surface area (Å²) < 4.78 is 0. The molecule has 0 heterocycles. The number of carbonyl (C=O) groups is 3. The molecule has 0 aromatic rings. The van der Waals surface area contributed by atoms with Crippen molar-refractivity contribution in [2.24, 2.45) is 17.6 Å². The van der Waals surface area contributed by atoms with E-state index in [0.717, 1.165) is 0 Å². The normalized spacial score (nSPS) is 15.3. The predicted molar refractivity (Wildman–Crippen MR) is 87.6 cm³/mol. The molecule has 8 heteroatoms. The lowest BCUT2D eigenvalue weighted by Crippen LogP contribution is -2.56. The van der Waals surface area contributed by atoms with Crippen molar-refractivity contribution in [2.45, 2.75) is 52.2 Å². The molecule has 22 heavy (non-hydrogen) atoms. The summed E-state index contributed by atoms with van der Waals surface area (Å²) in [4.78, 5) is 35.2. The van der Waals surface area contributed by atoms with Gasteiger partial charge < -0.3 is 21.5 Å². The van der Waals surface area contributed by atoms with Crippen LogP contribution in [0.15, 0.2) is 0 Å². The minimum Gasteiger partial charge on any atom is -0.480 e. The average molecular weight is 333 g/mol. The van der Waals surface area contributed by atoms with E-state index < -0.39 is 35.9 Å². The Hall–Kier alpha value is -1.28. The van der Waals surface area contributed by atoms with E-state index in [1.165, 1.54) is 0 Å². The van der Waals surface area contributed by atoms with Gasteiger partial charge >= 0.3 is 5.97 Å². The van der Waals surface area contributed by atoms with Crippen molar-refractivity contribution in [3.05, 3.63) is 0 Å². The Bertz CT molecular complexity index is 402. The van der Waals surface area contributed by atoms with Gasteiger partial charge in [-0.1, -0.05) is 27.7 Å². The standard InChI is InChI=1S/C14H27N3O4S/c1-7(2)5-9(14(20)21)16-12(18)10(6-22)17-13(19)11(15)8(3)4/h7-11,22H,5-6,15H2,1-4H3,(H,16,18)(H,17,19)(H,20,21)/t9-,10-,11-/m0/s1. The third-order valence-corrected chi connectivity index (χ3v) is 3.52. The van der Waals surface area contributed by atoms with E-state index in [1.807, 2.05) is 13.8 Å². The lowest BCUT2D eigenvalue weighted by atomic mass is 10.0. The zero-order valence-electron chi connectivity index (χ0n) is 13.5. The lowest BCUT2D eigenvalue weighted by molar-refractivity contribution is -0.142. The maximum atomic E-state index is 12.1. The number of hydrogen-bond acceptors (Lipinski definition) is 5. The summed E-state index contributed by atoms with van der Waals surface area (Å²) in [7, 11) is 0. The molecule has 0 fully saturated rings. The van der Waals surface area contributed by atoms with E-state index in [0.29, 0.717) is 6.42 Å². The fourth-order valence-corrected chi connectivity index (χ4v) is 1.99. The Morgan fingerprint density at radius 1 is 1.05 bits per heavy atom. The van der Waals surface area contributed by atoms with Gasteiger partial charge in [-0.05, 0) is 18.3 Å². The lowest BCUT2D eigenvalue weighted by Gasteiger charge is -2.23. The van der Waals surface area contributed by atoms with Crippen LogP contribution in [0.2, 0.25) is 0 Å². The predicted octanol–water partition coefficient (Wildman–Crippen LogP) is -0.000200. The van der Waals surface area contributed by atoms with Crippen LogP contribution in [0.4, 0.5) is 0 Å². The zero-order chi connectivity index (χ0) is 17.4. The molecular formula is C14H27N3O4S. The SMILES string of the molecule is CC(C)C[C@H](NC(=O)[C@H](CS)NC(=O)[C@@H](N)C(C)C)C(=O)O. The van der Waals surface area contributed by atoms with E-state index in [9.17, 15) is 14.4 Å². The summed E-state index contributed by atoms with van der Waals surface area (Å²) in [5.41, 5.74) is 5.72. The minimum absolute atomic E-state index is 0.0520. The summed E-state index contributed by atoms with van der Waals surface area (Å²) >= 11 is 4.03. The number of nitrogens with one attached hydrogen (secondary N) is 2. The first-order valence-corrected chi connectivity index (χ1v) is 7.93. The number of hydrogen-bond donors (Lipinski definition) is 5. The number of aliphatic carboxylic acids is 1. The first-order valence-electron chi connectivity index (χ1n) is 7.30. The first kappa shape index (κ1) is 20.7. The van der Waals surface area contributed by atoms with Gasteiger partial charge in [0, 0.05) is 5.75 Å². The summed E-state index contributed by atoms with van der Waals surface area (Å²) in [5.74, 6) is -2.05. The zero-order valence-corrected chi connectivity index (χ0v) is 14.4. The van der Waals surface area contributed by atoms with Gasteiger partial charge in [-0.25, -0.2) is 4.79 Å². The van der Waals surface area contributed by atoms with Crippen LogP contribution in [0.25, 0.3) is 0 Å². The molecular weight excluding hydrogens is 306 g/mol. The highest BCUT2D eigenvalue weighted by atomic mass is 32.1. The molecule has 0 aliphatic carbocycles. The van der Waals surface area contributed by atoms with Crippen molar-refractivity contribution < 1.29 is 19.5 Å². The topological polar surface area (TPSA) is 122 Å². The molecule has 0 radical (unpaired) electrons. The van der Waals surface area contributed by atoms with Gasteiger partial charge in [-0.3, -0.25) is 9.59 Å². The molecule has 7 nitrogen and oxygen atoms in total. The molecule has 0 aliphatic heterocycles. The van der Waals surface area contributed by atoms with Crippen molar-refractivity contribution in [3.8, 4) is 0 Å². The Morgan fingerprint density at radius 2 is 1.55 bits per heavy atom. The summed E-state index contributed by atoms with van der Waals surface area (Å²) in [6.45, 7) is 7.31. The van der Waals surface area contributed by atoms with Crippen LogP contribution >= 0.6 is 12.6 Å². The second-order valence-corrected chi connectivity index (χ2v) is 6.41. The molecule has 0 saturated heterocycles. The summed E-state index contributed by atoms with van der Waals surface area (Å²) in [6, 6.07) is -2.65. The fourth-order valence-electron chi connectivity index (χ4n) is 1.73. The maximum absolute atomic E-state index is 12.1. The third kappa shape index (κ3) is 7.13. The fraction of sp³-hybridized carbons (Fsp3) is 0.786. The van der Waals surface area contributed by atoms with Crippen molar-refractivity contribution >= 4 is 30.4 Å². The average Bonchev–Trinajstić information content (AvgIpc) is 2.41. The van der Waals surface area contributed by atoms with Gasteiger partial charge in [-0.2, -0.15) is 12.6 Å². The summed E-state index contributed by atoms with van der Waals surface area (Å²) in [6.07, 6.45) is 0.305. The van der Waals surface area contributed by atoms with Gasteiger partial charge in [0.1, 0.15) is 12.1 Å². The molecule has 0 saturated carbocycles. The van der Waals surface area contributed by atoms with Gasteiger partial charge in [0.25, 0.3) is 0 Å². The van der Waals surface area contributed by atoms with Crippen LogP contribution in [-0.4, -0.2) is 46.8 Å². The maximum Gasteiger partial charge on any atom is 0.326 e. The van der Waals surface area contributed by atoms with Crippen LogP contribution in [0, 0.1) is 11.8 Å². The molecule has 2 amide bonds. The van der Waals surface area contributed by atoms with Gasteiger partial charge in [-0.15, -0.1) is 0 Å². The van der Waals surface area contributed by atoms with Crippen LogP contribution in [0.5, 0.6) is 0 Å². The first-order chi connectivity index (χ1) is 10.1. The number of nitrogens with two attached hydrogens (primary N) is 1. The highest BCUT2D eigenvalue weighted by Crippen LogP contribution is 2.06. The van der Waals surface area contributed by atoms with Crippen molar-refractivity contribution in [3.63, 3.8) is 0 Å².